The Bertz CT molecular complexity index is 1370. The third kappa shape index (κ3) is 10.2. The Morgan fingerprint density at radius 2 is 0.754 bits per heavy atom. The molecule has 0 aromatic carbocycles. The zero-order chi connectivity index (χ0) is 44.8. The first-order valence-corrected chi connectivity index (χ1v) is 19.7. The maximum atomic E-state index is 11.5. The van der Waals surface area contributed by atoms with Gasteiger partial charge in [0.15, 0.2) is 37.7 Å². The highest BCUT2D eigenvalue weighted by atomic mass is 16.8. The Morgan fingerprint density at radius 1 is 0.361 bits per heavy atom. The van der Waals surface area contributed by atoms with E-state index in [1.54, 1.807) is 0 Å². The Hall–Kier alpha value is -1.08. The second-order valence-electron chi connectivity index (χ2n) is 15.8. The molecule has 61 heavy (non-hydrogen) atoms. The van der Waals surface area contributed by atoms with Crippen LogP contribution >= 0.6 is 0 Å². The summed E-state index contributed by atoms with van der Waals surface area (Å²) in [5.74, 6) is 0. The molecule has 28 atom stereocenters. The average Bonchev–Trinajstić information content (AvgIpc) is 3.23. The third-order valence-electron chi connectivity index (χ3n) is 11.6. The van der Waals surface area contributed by atoms with E-state index in [0.717, 1.165) is 0 Å². The minimum Gasteiger partial charge on any atom is -0.394 e. The minimum atomic E-state index is -2.15. The summed E-state index contributed by atoms with van der Waals surface area (Å²) in [5.41, 5.74) is 0. The molecule has 6 heterocycles. The Labute approximate surface area is 346 Å². The van der Waals surface area contributed by atoms with Gasteiger partial charge in [-0.1, -0.05) is 0 Å². The normalized spacial score (nSPS) is 55.0. The Balaban J connectivity index is 1.23. The van der Waals surface area contributed by atoms with E-state index in [2.05, 4.69) is 0 Å². The van der Waals surface area contributed by atoms with Gasteiger partial charge in [0, 0.05) is 0 Å². The molecule has 6 aliphatic rings. The van der Waals surface area contributed by atoms with Gasteiger partial charge in [0.25, 0.3) is 0 Å². The first-order chi connectivity index (χ1) is 28.8. The molecule has 0 aromatic rings. The minimum absolute atomic E-state index is 0.502. The van der Waals surface area contributed by atoms with Crippen molar-refractivity contribution in [3.63, 3.8) is 0 Å². The molecule has 27 heteroatoms. The lowest BCUT2D eigenvalue weighted by atomic mass is 9.95. The highest BCUT2D eigenvalue weighted by Crippen LogP contribution is 2.37. The van der Waals surface area contributed by atoms with E-state index in [1.165, 1.54) is 13.8 Å². The fraction of sp³-hybridized carbons (Fsp3) is 1.00. The number of aliphatic hydroxyl groups is 16. The average molecular weight is 899 g/mol. The number of ether oxygens (including phenoxy) is 11. The molecule has 0 amide bonds. The largest absolute Gasteiger partial charge is 0.394 e. The zero-order valence-corrected chi connectivity index (χ0v) is 32.6. The van der Waals surface area contributed by atoms with Crippen molar-refractivity contribution in [2.45, 2.75) is 186 Å². The van der Waals surface area contributed by atoms with Crippen LogP contribution in [0.2, 0.25) is 0 Å². The van der Waals surface area contributed by atoms with Crippen molar-refractivity contribution in [1.82, 2.24) is 0 Å². The molecule has 0 saturated carbocycles. The molecule has 6 aliphatic heterocycles. The highest BCUT2D eigenvalue weighted by Gasteiger charge is 2.57. The molecule has 0 spiro atoms. The summed E-state index contributed by atoms with van der Waals surface area (Å²) in [7, 11) is 0. The number of hydrogen-bond donors (Lipinski definition) is 16. The standard InChI is InChI=1S/C34H58O27/c1-7-13(39)17(43)27(60-30-21(47)15(41)9(37)5-51-30)33(53-7)57-25-12(4-36)56-32(23(49)19(25)45)59-26-14(40)8(2)54-34(28(26)61-31-22(48)16(42)10(38)6-52-31)58-24-11(3-35)55-29(50)20(46)18(24)44/h7-50H,3-6H2,1-2H3/t7-,8-,9-,10-,11+,12+,13-,14-,15+,16+,17+,18+,19+,20-,21-,22-,23-,24+,25+,26+,27+,28+,29-,30+,31+,32+,33-,34-/m0/s1. The van der Waals surface area contributed by atoms with Crippen LogP contribution in [0, 0.1) is 0 Å². The molecule has 6 fully saturated rings. The van der Waals surface area contributed by atoms with Crippen LogP contribution in [0.3, 0.4) is 0 Å². The van der Waals surface area contributed by atoms with Crippen LogP contribution in [0.4, 0.5) is 0 Å². The van der Waals surface area contributed by atoms with E-state index in [4.69, 9.17) is 52.1 Å². The highest BCUT2D eigenvalue weighted by molar-refractivity contribution is 4.99. The summed E-state index contributed by atoms with van der Waals surface area (Å²) in [4.78, 5) is 0. The molecule has 0 aliphatic carbocycles. The predicted molar refractivity (Wildman–Crippen MR) is 184 cm³/mol. The van der Waals surface area contributed by atoms with Crippen molar-refractivity contribution in [3.05, 3.63) is 0 Å². The molecule has 0 bridgehead atoms. The van der Waals surface area contributed by atoms with Crippen molar-refractivity contribution in [1.29, 1.82) is 0 Å². The van der Waals surface area contributed by atoms with E-state index < -0.39 is 198 Å². The van der Waals surface area contributed by atoms with Gasteiger partial charge in [-0.25, -0.2) is 0 Å². The summed E-state index contributed by atoms with van der Waals surface area (Å²) in [6.07, 6.45) is -49.4. The summed E-state index contributed by atoms with van der Waals surface area (Å²) < 4.78 is 62.5. The van der Waals surface area contributed by atoms with Crippen molar-refractivity contribution in [2.24, 2.45) is 0 Å². The van der Waals surface area contributed by atoms with Crippen LogP contribution in [-0.4, -0.2) is 280 Å². The van der Waals surface area contributed by atoms with Crippen LogP contribution in [-0.2, 0) is 52.1 Å². The molecule has 356 valence electrons. The fourth-order valence-corrected chi connectivity index (χ4v) is 7.79. The number of aliphatic hydroxyl groups excluding tert-OH is 16. The predicted octanol–water partition coefficient (Wildman–Crippen LogP) is -10.8. The molecule has 0 unspecified atom stereocenters. The second-order valence-corrected chi connectivity index (χ2v) is 15.8. The van der Waals surface area contributed by atoms with Gasteiger partial charge in [-0.15, -0.1) is 0 Å². The van der Waals surface area contributed by atoms with Crippen molar-refractivity contribution in [2.75, 3.05) is 26.4 Å². The van der Waals surface area contributed by atoms with Gasteiger partial charge >= 0.3 is 0 Å². The molecular weight excluding hydrogens is 840 g/mol. The second kappa shape index (κ2) is 20.6. The van der Waals surface area contributed by atoms with Gasteiger partial charge in [0.05, 0.1) is 38.6 Å². The van der Waals surface area contributed by atoms with Crippen molar-refractivity contribution >= 4 is 0 Å². The van der Waals surface area contributed by atoms with Gasteiger partial charge in [-0.2, -0.15) is 0 Å². The first kappa shape index (κ1) is 49.4. The lowest BCUT2D eigenvalue weighted by Gasteiger charge is -2.50. The molecule has 0 aromatic heterocycles. The maximum absolute atomic E-state index is 11.5. The fourth-order valence-electron chi connectivity index (χ4n) is 7.79. The van der Waals surface area contributed by atoms with Crippen LogP contribution in [0.15, 0.2) is 0 Å². The van der Waals surface area contributed by atoms with E-state index >= 15 is 0 Å². The van der Waals surface area contributed by atoms with Gasteiger partial charge in [-0.3, -0.25) is 0 Å². The Kier molecular flexibility index (Phi) is 16.7. The van der Waals surface area contributed by atoms with Crippen LogP contribution in [0.5, 0.6) is 0 Å². The molecule has 0 radical (unpaired) electrons. The molecule has 16 N–H and O–H groups in total. The first-order valence-electron chi connectivity index (χ1n) is 19.7. The van der Waals surface area contributed by atoms with E-state index in [0.29, 0.717) is 0 Å². The van der Waals surface area contributed by atoms with Gasteiger partial charge in [-0.05, 0) is 13.8 Å². The SMILES string of the molecule is C[C@@H]1O[C@@H](O[C@H]2[C@H](O)[C@H](O)[C@@H](O[C@@H]3[C@@H](O)[C@H](C)O[C@@H](O[C@H]4[C@H](O)[C@H](O)[C@@H](O)O[C@@H]4CO)[C@@H]3O[C@H]3OC[C@H](O)[C@@H](O)[C@@H]3O)O[C@@H]2CO)[C@H](O[C@H]2OC[C@H](O)[C@@H](O)[C@@H]2O)[C@H](O)[C@H]1O. The lowest BCUT2D eigenvalue weighted by Crippen LogP contribution is -2.68. The van der Waals surface area contributed by atoms with Gasteiger partial charge < -0.3 is 134 Å². The van der Waals surface area contributed by atoms with Crippen molar-refractivity contribution < 1.29 is 134 Å². The third-order valence-corrected chi connectivity index (χ3v) is 11.6. The molecule has 6 rings (SSSR count). The van der Waals surface area contributed by atoms with Gasteiger partial charge in [0.1, 0.15) is 122 Å². The van der Waals surface area contributed by atoms with Gasteiger partial charge in [0.2, 0.25) is 0 Å². The molecular formula is C34H58O27. The van der Waals surface area contributed by atoms with E-state index in [-0.39, 0.29) is 0 Å². The van der Waals surface area contributed by atoms with Crippen molar-refractivity contribution in [3.8, 4) is 0 Å². The summed E-state index contributed by atoms with van der Waals surface area (Å²) >= 11 is 0. The topological polar surface area (TPSA) is 425 Å². The van der Waals surface area contributed by atoms with Crippen LogP contribution in [0.1, 0.15) is 13.8 Å². The monoisotopic (exact) mass is 898 g/mol. The van der Waals surface area contributed by atoms with E-state index in [9.17, 15) is 81.7 Å². The quantitative estimate of drug-likeness (QED) is 0.0865. The maximum Gasteiger partial charge on any atom is 0.187 e. The molecule has 6 saturated heterocycles. The summed E-state index contributed by atoms with van der Waals surface area (Å²) in [6, 6.07) is 0. The van der Waals surface area contributed by atoms with Crippen LogP contribution in [0.25, 0.3) is 0 Å². The van der Waals surface area contributed by atoms with Crippen LogP contribution < -0.4 is 0 Å². The zero-order valence-electron chi connectivity index (χ0n) is 32.6. The molecule has 27 nitrogen and oxygen atoms in total. The smallest absolute Gasteiger partial charge is 0.187 e. The van der Waals surface area contributed by atoms with E-state index in [1.807, 2.05) is 0 Å². The summed E-state index contributed by atoms with van der Waals surface area (Å²) in [6.45, 7) is -0.256. The Morgan fingerprint density at radius 3 is 1.28 bits per heavy atom. The number of hydrogen-bond acceptors (Lipinski definition) is 27. The summed E-state index contributed by atoms with van der Waals surface area (Å²) in [5, 5.41) is 169. The lowest BCUT2D eigenvalue weighted by molar-refractivity contribution is -0.406. The number of rotatable bonds is 12.